The van der Waals surface area contributed by atoms with Gasteiger partial charge in [-0.3, -0.25) is 9.69 Å². The van der Waals surface area contributed by atoms with E-state index in [1.807, 2.05) is 49.1 Å². The summed E-state index contributed by atoms with van der Waals surface area (Å²) in [5, 5.41) is 13.7. The third kappa shape index (κ3) is 5.94. The summed E-state index contributed by atoms with van der Waals surface area (Å²) in [5.41, 5.74) is 4.32. The summed E-state index contributed by atoms with van der Waals surface area (Å²) in [7, 11) is 3.30. The summed E-state index contributed by atoms with van der Waals surface area (Å²) >= 11 is 1.41. The van der Waals surface area contributed by atoms with E-state index in [1.54, 1.807) is 18.9 Å². The van der Waals surface area contributed by atoms with Crippen LogP contribution >= 0.6 is 11.8 Å². The Kier molecular flexibility index (Phi) is 7.92. The topological polar surface area (TPSA) is 85.6 Å². The molecule has 0 spiro atoms. The van der Waals surface area contributed by atoms with Crippen molar-refractivity contribution >= 4 is 17.7 Å². The molecule has 186 valence electrons. The number of hydrogen-bond acceptors (Lipinski definition) is 8. The van der Waals surface area contributed by atoms with Crippen molar-refractivity contribution in [3.8, 4) is 17.3 Å². The molecule has 4 rings (SSSR count). The van der Waals surface area contributed by atoms with Crippen molar-refractivity contribution in [2.24, 2.45) is 0 Å². The molecule has 1 aliphatic heterocycles. The fraction of sp³-hybridized carbons (Fsp3) is 0.440. The molecule has 1 aliphatic rings. The van der Waals surface area contributed by atoms with E-state index < -0.39 is 0 Å². The van der Waals surface area contributed by atoms with Crippen molar-refractivity contribution in [2.75, 3.05) is 46.2 Å². The SMILES string of the molecule is COc1cc(C)c(CN2CCN(C(=O)CSc3ccc(-n4nc(C)cc4C)nn3)CC2)cc1OC. The molecule has 35 heavy (non-hydrogen) atoms. The summed E-state index contributed by atoms with van der Waals surface area (Å²) in [6.45, 7) is 9.94. The zero-order valence-electron chi connectivity index (χ0n) is 20.9. The largest absolute Gasteiger partial charge is 0.493 e. The maximum absolute atomic E-state index is 12.8. The summed E-state index contributed by atoms with van der Waals surface area (Å²) in [5.74, 6) is 2.63. The molecule has 0 unspecified atom stereocenters. The molecule has 1 saturated heterocycles. The molecule has 3 heterocycles. The van der Waals surface area contributed by atoms with Gasteiger partial charge in [0.05, 0.1) is 25.7 Å². The number of aryl methyl sites for hydroxylation is 3. The fourth-order valence-electron chi connectivity index (χ4n) is 4.18. The number of piperazine rings is 1. The minimum Gasteiger partial charge on any atom is -0.493 e. The quantitative estimate of drug-likeness (QED) is 0.440. The van der Waals surface area contributed by atoms with Crippen molar-refractivity contribution in [3.63, 3.8) is 0 Å². The van der Waals surface area contributed by atoms with Crippen LogP contribution in [-0.4, -0.2) is 81.8 Å². The lowest BCUT2D eigenvalue weighted by atomic mass is 10.1. The zero-order valence-corrected chi connectivity index (χ0v) is 21.8. The second-order valence-corrected chi connectivity index (χ2v) is 9.64. The second-order valence-electron chi connectivity index (χ2n) is 8.65. The van der Waals surface area contributed by atoms with Gasteiger partial charge < -0.3 is 14.4 Å². The predicted molar refractivity (Wildman–Crippen MR) is 135 cm³/mol. The molecular formula is C25H32N6O3S. The number of rotatable bonds is 8. The second kappa shape index (κ2) is 11.1. The molecule has 1 amide bonds. The first-order chi connectivity index (χ1) is 16.9. The molecule has 10 heteroatoms. The molecule has 0 N–H and O–H groups in total. The van der Waals surface area contributed by atoms with E-state index in [-0.39, 0.29) is 5.91 Å². The molecule has 0 atom stereocenters. The summed E-state index contributed by atoms with van der Waals surface area (Å²) in [6, 6.07) is 9.83. The number of ether oxygens (including phenoxy) is 2. The minimum absolute atomic E-state index is 0.126. The molecular weight excluding hydrogens is 464 g/mol. The first kappa shape index (κ1) is 25.0. The Balaban J connectivity index is 1.26. The van der Waals surface area contributed by atoms with Crippen LogP contribution in [0.1, 0.15) is 22.5 Å². The van der Waals surface area contributed by atoms with Gasteiger partial charge in [-0.05, 0) is 62.2 Å². The van der Waals surface area contributed by atoms with Gasteiger partial charge in [0.2, 0.25) is 5.91 Å². The van der Waals surface area contributed by atoms with Crippen molar-refractivity contribution in [3.05, 3.63) is 52.8 Å². The highest BCUT2D eigenvalue weighted by Gasteiger charge is 2.22. The van der Waals surface area contributed by atoms with Gasteiger partial charge in [0, 0.05) is 38.4 Å². The predicted octanol–water partition coefficient (Wildman–Crippen LogP) is 3.04. The lowest BCUT2D eigenvalue weighted by molar-refractivity contribution is -0.130. The summed E-state index contributed by atoms with van der Waals surface area (Å²) in [4.78, 5) is 17.1. The van der Waals surface area contributed by atoms with Crippen LogP contribution in [0.15, 0.2) is 35.4 Å². The van der Waals surface area contributed by atoms with Crippen LogP contribution in [0.3, 0.4) is 0 Å². The molecule has 2 aromatic heterocycles. The van der Waals surface area contributed by atoms with E-state index in [0.717, 1.165) is 47.5 Å². The molecule has 0 aliphatic carbocycles. The number of amides is 1. The first-order valence-corrected chi connectivity index (χ1v) is 12.6. The van der Waals surface area contributed by atoms with Gasteiger partial charge >= 0.3 is 0 Å². The normalized spacial score (nSPS) is 14.3. The highest BCUT2D eigenvalue weighted by molar-refractivity contribution is 7.99. The lowest BCUT2D eigenvalue weighted by Crippen LogP contribution is -2.48. The Bertz CT molecular complexity index is 1170. The summed E-state index contributed by atoms with van der Waals surface area (Å²) < 4.78 is 12.6. The Labute approximate surface area is 210 Å². The number of aromatic nitrogens is 4. The summed E-state index contributed by atoms with van der Waals surface area (Å²) in [6.07, 6.45) is 0. The van der Waals surface area contributed by atoms with Crippen LogP contribution in [-0.2, 0) is 11.3 Å². The Morgan fingerprint density at radius 2 is 1.69 bits per heavy atom. The van der Waals surface area contributed by atoms with Gasteiger partial charge in [0.25, 0.3) is 0 Å². The number of methoxy groups -OCH3 is 2. The highest BCUT2D eigenvalue weighted by atomic mass is 32.2. The lowest BCUT2D eigenvalue weighted by Gasteiger charge is -2.35. The van der Waals surface area contributed by atoms with Crippen LogP contribution in [0.5, 0.6) is 11.5 Å². The molecule has 0 bridgehead atoms. The van der Waals surface area contributed by atoms with Crippen LogP contribution < -0.4 is 9.47 Å². The van der Waals surface area contributed by atoms with Crippen LogP contribution in [0.2, 0.25) is 0 Å². The fourth-order valence-corrected chi connectivity index (χ4v) is 4.90. The maximum atomic E-state index is 12.8. The molecule has 0 saturated carbocycles. The van der Waals surface area contributed by atoms with Gasteiger partial charge in [-0.25, -0.2) is 4.68 Å². The number of carbonyl (C=O) groups is 1. The smallest absolute Gasteiger partial charge is 0.233 e. The van der Waals surface area contributed by atoms with Crippen molar-refractivity contribution < 1.29 is 14.3 Å². The number of thioether (sulfide) groups is 1. The van der Waals surface area contributed by atoms with Gasteiger partial charge in [-0.15, -0.1) is 10.2 Å². The van der Waals surface area contributed by atoms with Gasteiger partial charge in [-0.2, -0.15) is 5.10 Å². The first-order valence-electron chi connectivity index (χ1n) is 11.6. The Morgan fingerprint density at radius 1 is 0.971 bits per heavy atom. The van der Waals surface area contributed by atoms with Gasteiger partial charge in [0.1, 0.15) is 5.03 Å². The zero-order chi connectivity index (χ0) is 24.9. The van der Waals surface area contributed by atoms with E-state index in [2.05, 4.69) is 27.1 Å². The van der Waals surface area contributed by atoms with Crippen LogP contribution in [0.4, 0.5) is 0 Å². The maximum Gasteiger partial charge on any atom is 0.233 e. The van der Waals surface area contributed by atoms with Crippen molar-refractivity contribution in [1.82, 2.24) is 29.8 Å². The average Bonchev–Trinajstić information content (AvgIpc) is 3.21. The molecule has 9 nitrogen and oxygen atoms in total. The van der Waals surface area contributed by atoms with Crippen molar-refractivity contribution in [2.45, 2.75) is 32.3 Å². The number of nitrogens with zero attached hydrogens (tertiary/aromatic N) is 6. The Hall–Kier alpha value is -3.11. The van der Waals surface area contributed by atoms with E-state index in [9.17, 15) is 4.79 Å². The highest BCUT2D eigenvalue weighted by Crippen LogP contribution is 2.31. The van der Waals surface area contributed by atoms with E-state index >= 15 is 0 Å². The van der Waals surface area contributed by atoms with E-state index in [0.29, 0.717) is 24.7 Å². The standard InChI is InChI=1S/C25H32N6O3S/c1-17-12-21(33-4)22(34-5)14-20(17)15-29-8-10-30(11-9-29)25(32)16-35-24-7-6-23(26-27-24)31-19(3)13-18(2)28-31/h6-7,12-14H,8-11,15-16H2,1-5H3. The van der Waals surface area contributed by atoms with Crippen LogP contribution in [0.25, 0.3) is 5.82 Å². The third-order valence-electron chi connectivity index (χ3n) is 6.16. The number of benzene rings is 1. The van der Waals surface area contributed by atoms with E-state index in [1.165, 1.54) is 22.9 Å². The molecule has 1 aromatic carbocycles. The van der Waals surface area contributed by atoms with Crippen molar-refractivity contribution in [1.29, 1.82) is 0 Å². The molecule has 1 fully saturated rings. The van der Waals surface area contributed by atoms with Gasteiger partial charge in [-0.1, -0.05) is 11.8 Å². The van der Waals surface area contributed by atoms with E-state index in [4.69, 9.17) is 9.47 Å². The third-order valence-corrected chi connectivity index (χ3v) is 7.06. The number of hydrogen-bond donors (Lipinski definition) is 0. The Morgan fingerprint density at radius 3 is 2.29 bits per heavy atom. The molecule has 0 radical (unpaired) electrons. The average molecular weight is 497 g/mol. The van der Waals surface area contributed by atoms with Crippen LogP contribution in [0, 0.1) is 20.8 Å². The monoisotopic (exact) mass is 496 g/mol. The van der Waals surface area contributed by atoms with Gasteiger partial charge in [0.15, 0.2) is 17.3 Å². The minimum atomic E-state index is 0.126. The number of carbonyl (C=O) groups excluding carboxylic acids is 1. The molecule has 3 aromatic rings.